The van der Waals surface area contributed by atoms with Crippen LogP contribution in [-0.4, -0.2) is 14.9 Å². The van der Waals surface area contributed by atoms with Gasteiger partial charge in [-0.25, -0.2) is 4.98 Å². The molecule has 1 aromatic heterocycles. The highest BCUT2D eigenvalue weighted by molar-refractivity contribution is 5.38. The third-order valence-electron chi connectivity index (χ3n) is 3.15. The average Bonchev–Trinajstić information content (AvgIpc) is 2.68. The number of imidazole rings is 1. The first-order valence-electron chi connectivity index (χ1n) is 5.39. The first-order valence-corrected chi connectivity index (χ1v) is 5.39. The van der Waals surface area contributed by atoms with Crippen LogP contribution in [0.5, 0.6) is 0 Å². The predicted molar refractivity (Wildman–Crippen MR) is 62.8 cm³/mol. The molecule has 0 spiro atoms. The van der Waals surface area contributed by atoms with Gasteiger partial charge in [-0.1, -0.05) is 25.1 Å². The van der Waals surface area contributed by atoms with E-state index in [1.54, 1.807) is 6.20 Å². The van der Waals surface area contributed by atoms with Crippen molar-refractivity contribution in [1.29, 1.82) is 0 Å². The van der Waals surface area contributed by atoms with E-state index in [2.05, 4.69) is 44.0 Å². The third kappa shape index (κ3) is 1.81. The van der Waals surface area contributed by atoms with Crippen LogP contribution in [0.1, 0.15) is 35.2 Å². The minimum absolute atomic E-state index is 0.202. The minimum atomic E-state index is 0.202. The van der Waals surface area contributed by atoms with E-state index in [4.69, 9.17) is 0 Å². The summed E-state index contributed by atoms with van der Waals surface area (Å²) in [4.78, 5) is 4.18. The summed E-state index contributed by atoms with van der Waals surface area (Å²) in [5, 5.41) is 9.23. The van der Waals surface area contributed by atoms with Crippen molar-refractivity contribution in [2.75, 3.05) is 0 Å². The molecule has 0 amide bonds. The topological polar surface area (TPSA) is 38.0 Å². The lowest BCUT2D eigenvalue weighted by Crippen LogP contribution is -2.00. The minimum Gasteiger partial charge on any atom is -0.427 e. The number of hydrogen-bond acceptors (Lipinski definition) is 2. The summed E-state index contributed by atoms with van der Waals surface area (Å²) in [5.41, 5.74) is 4.73. The summed E-state index contributed by atoms with van der Waals surface area (Å²) >= 11 is 0. The van der Waals surface area contributed by atoms with E-state index in [-0.39, 0.29) is 5.92 Å². The Morgan fingerprint density at radius 3 is 2.69 bits per heavy atom. The van der Waals surface area contributed by atoms with E-state index in [0.29, 0.717) is 0 Å². The molecule has 16 heavy (non-hydrogen) atoms. The van der Waals surface area contributed by atoms with E-state index >= 15 is 0 Å². The molecule has 0 aliphatic rings. The highest BCUT2D eigenvalue weighted by Crippen LogP contribution is 2.26. The number of nitrogens with zero attached hydrogens (tertiary/aromatic N) is 2. The highest BCUT2D eigenvalue weighted by Gasteiger charge is 2.14. The summed E-state index contributed by atoms with van der Waals surface area (Å²) in [5.74, 6) is 0.202. The molecule has 3 nitrogen and oxygen atoms in total. The van der Waals surface area contributed by atoms with Crippen molar-refractivity contribution in [2.45, 2.75) is 26.7 Å². The highest BCUT2D eigenvalue weighted by atomic mass is 16.5. The van der Waals surface area contributed by atoms with Crippen molar-refractivity contribution in [2.24, 2.45) is 0 Å². The Balaban J connectivity index is 2.41. The first-order chi connectivity index (χ1) is 7.59. The van der Waals surface area contributed by atoms with E-state index in [0.717, 1.165) is 10.4 Å². The van der Waals surface area contributed by atoms with E-state index in [1.165, 1.54) is 23.0 Å². The molecule has 1 atom stereocenters. The van der Waals surface area contributed by atoms with Crippen LogP contribution in [-0.2, 0) is 0 Å². The SMILES string of the molecule is Cc1cccc(C(C)c2cn(O)cn2)c1C. The Bertz CT molecular complexity index is 502. The molecule has 0 radical (unpaired) electrons. The van der Waals surface area contributed by atoms with Crippen molar-refractivity contribution in [3.8, 4) is 0 Å². The molecule has 84 valence electrons. The number of rotatable bonds is 2. The Kier molecular flexibility index (Phi) is 2.69. The van der Waals surface area contributed by atoms with Gasteiger partial charge in [-0.2, -0.15) is 4.73 Å². The van der Waals surface area contributed by atoms with Crippen molar-refractivity contribution >= 4 is 0 Å². The molecule has 2 rings (SSSR count). The van der Waals surface area contributed by atoms with E-state index < -0.39 is 0 Å². The number of aryl methyl sites for hydroxylation is 1. The quantitative estimate of drug-likeness (QED) is 0.784. The number of hydrogen-bond donors (Lipinski definition) is 1. The predicted octanol–water partition coefficient (Wildman–Crippen LogP) is 2.89. The summed E-state index contributed by atoms with van der Waals surface area (Å²) in [7, 11) is 0. The molecule has 0 saturated carbocycles. The fourth-order valence-electron chi connectivity index (χ4n) is 1.95. The molecule has 1 aromatic carbocycles. The molecule has 0 aliphatic carbocycles. The third-order valence-corrected chi connectivity index (χ3v) is 3.15. The molecule has 0 bridgehead atoms. The number of aromatic nitrogens is 2. The van der Waals surface area contributed by atoms with Gasteiger partial charge in [0, 0.05) is 5.92 Å². The zero-order valence-electron chi connectivity index (χ0n) is 9.81. The van der Waals surface area contributed by atoms with Crippen LogP contribution in [0.15, 0.2) is 30.7 Å². The molecular formula is C13H16N2O. The van der Waals surface area contributed by atoms with Crippen LogP contribution < -0.4 is 0 Å². The van der Waals surface area contributed by atoms with Crippen LogP contribution in [0.2, 0.25) is 0 Å². The first kappa shape index (κ1) is 10.7. The van der Waals surface area contributed by atoms with Gasteiger partial charge >= 0.3 is 0 Å². The van der Waals surface area contributed by atoms with Crippen molar-refractivity contribution < 1.29 is 5.21 Å². The Labute approximate surface area is 95.3 Å². The largest absolute Gasteiger partial charge is 0.427 e. The smallest absolute Gasteiger partial charge is 0.131 e. The van der Waals surface area contributed by atoms with Crippen LogP contribution in [0.4, 0.5) is 0 Å². The monoisotopic (exact) mass is 216 g/mol. The molecule has 0 aliphatic heterocycles. The second-order valence-corrected chi connectivity index (χ2v) is 4.19. The molecular weight excluding hydrogens is 200 g/mol. The van der Waals surface area contributed by atoms with Gasteiger partial charge in [-0.15, -0.1) is 0 Å². The standard InChI is InChI=1S/C13H16N2O/c1-9-5-4-6-12(10(9)2)11(3)13-7-15(16)8-14-13/h4-8,11,16H,1-3H3. The molecule has 2 aromatic rings. The lowest BCUT2D eigenvalue weighted by Gasteiger charge is -2.14. The Hall–Kier alpha value is -1.77. The van der Waals surface area contributed by atoms with Crippen LogP contribution in [0, 0.1) is 13.8 Å². The molecule has 1 unspecified atom stereocenters. The van der Waals surface area contributed by atoms with Crippen molar-refractivity contribution in [1.82, 2.24) is 9.71 Å². The van der Waals surface area contributed by atoms with Gasteiger partial charge < -0.3 is 5.21 Å². The van der Waals surface area contributed by atoms with Crippen LogP contribution in [0.3, 0.4) is 0 Å². The summed E-state index contributed by atoms with van der Waals surface area (Å²) in [6.45, 7) is 6.33. The normalized spacial score (nSPS) is 12.7. The van der Waals surface area contributed by atoms with Gasteiger partial charge in [0.1, 0.15) is 6.33 Å². The maximum absolute atomic E-state index is 9.23. The van der Waals surface area contributed by atoms with Crippen molar-refractivity contribution in [3.63, 3.8) is 0 Å². The van der Waals surface area contributed by atoms with Gasteiger partial charge in [0.15, 0.2) is 0 Å². The molecule has 3 heteroatoms. The van der Waals surface area contributed by atoms with Gasteiger partial charge in [0.2, 0.25) is 0 Å². The fourth-order valence-corrected chi connectivity index (χ4v) is 1.95. The second-order valence-electron chi connectivity index (χ2n) is 4.19. The van der Waals surface area contributed by atoms with Gasteiger partial charge in [-0.05, 0) is 30.5 Å². The lowest BCUT2D eigenvalue weighted by molar-refractivity contribution is 0.185. The maximum atomic E-state index is 9.23. The molecule has 1 heterocycles. The van der Waals surface area contributed by atoms with Gasteiger partial charge in [-0.3, -0.25) is 0 Å². The zero-order chi connectivity index (χ0) is 11.7. The Morgan fingerprint density at radius 2 is 2.06 bits per heavy atom. The lowest BCUT2D eigenvalue weighted by atomic mass is 9.92. The van der Waals surface area contributed by atoms with Gasteiger partial charge in [0.25, 0.3) is 0 Å². The van der Waals surface area contributed by atoms with E-state index in [1.807, 2.05) is 0 Å². The maximum Gasteiger partial charge on any atom is 0.131 e. The van der Waals surface area contributed by atoms with Crippen LogP contribution >= 0.6 is 0 Å². The molecule has 0 saturated heterocycles. The Morgan fingerprint density at radius 1 is 1.31 bits per heavy atom. The molecule has 1 N–H and O–H groups in total. The molecule has 0 fully saturated rings. The van der Waals surface area contributed by atoms with Crippen LogP contribution in [0.25, 0.3) is 0 Å². The number of benzene rings is 1. The zero-order valence-corrected chi connectivity index (χ0v) is 9.81. The summed E-state index contributed by atoms with van der Waals surface area (Å²) in [6.07, 6.45) is 3.06. The van der Waals surface area contributed by atoms with Gasteiger partial charge in [0.05, 0.1) is 11.9 Å². The summed E-state index contributed by atoms with van der Waals surface area (Å²) < 4.78 is 0.997. The van der Waals surface area contributed by atoms with E-state index in [9.17, 15) is 5.21 Å². The second kappa shape index (κ2) is 4.00. The summed E-state index contributed by atoms with van der Waals surface area (Å²) in [6, 6.07) is 6.28. The fraction of sp³-hybridized carbons (Fsp3) is 0.308. The average molecular weight is 216 g/mol. The van der Waals surface area contributed by atoms with Crippen molar-refractivity contribution in [3.05, 3.63) is 53.1 Å².